The number of rotatable bonds is 3. The van der Waals surface area contributed by atoms with E-state index in [0.717, 1.165) is 20.4 Å². The number of halogens is 1. The summed E-state index contributed by atoms with van der Waals surface area (Å²) < 4.78 is 5.96. The van der Waals surface area contributed by atoms with Crippen molar-refractivity contribution in [3.63, 3.8) is 0 Å². The molecule has 17 heavy (non-hydrogen) atoms. The third kappa shape index (κ3) is 4.33. The lowest BCUT2D eigenvalue weighted by Gasteiger charge is -2.11. The molecule has 0 atom stereocenters. The molecule has 1 aromatic rings. The summed E-state index contributed by atoms with van der Waals surface area (Å²) in [6.07, 6.45) is 0. The molecule has 0 spiro atoms. The molecule has 0 aliphatic heterocycles. The van der Waals surface area contributed by atoms with Crippen LogP contribution in [0.4, 0.5) is 5.69 Å². The van der Waals surface area contributed by atoms with Crippen molar-refractivity contribution < 1.29 is 14.3 Å². The zero-order valence-corrected chi connectivity index (χ0v) is 12.1. The Hall–Kier alpha value is -1.11. The number of carbonyl (C=O) groups excluding carboxylic acids is 2. The third-order valence-corrected chi connectivity index (χ3v) is 3.14. The van der Waals surface area contributed by atoms with Crippen molar-refractivity contribution in [2.75, 3.05) is 5.32 Å². The van der Waals surface area contributed by atoms with Crippen LogP contribution in [0.5, 0.6) is 0 Å². The van der Waals surface area contributed by atoms with E-state index in [0.29, 0.717) is 0 Å². The van der Waals surface area contributed by atoms with Crippen LogP contribution in [0.15, 0.2) is 12.1 Å². The number of hydrogen-bond acceptors (Lipinski definition) is 3. The van der Waals surface area contributed by atoms with Gasteiger partial charge in [0.25, 0.3) is 0 Å². The van der Waals surface area contributed by atoms with Gasteiger partial charge in [-0.1, -0.05) is 0 Å². The zero-order valence-electron chi connectivity index (χ0n) is 9.96. The molecule has 1 amide bonds. The predicted molar refractivity (Wildman–Crippen MR) is 73.7 cm³/mol. The fourth-order valence-electron chi connectivity index (χ4n) is 1.33. The van der Waals surface area contributed by atoms with Crippen molar-refractivity contribution in [2.24, 2.45) is 0 Å². The highest BCUT2D eigenvalue weighted by atomic mass is 127. The average Bonchev–Trinajstić information content (AvgIpc) is 2.19. The number of esters is 1. The minimum absolute atomic E-state index is 0.118. The normalized spacial score (nSPS) is 9.88. The SMILES string of the molecule is CC(=O)Nc1cc(COC(C)=O)c(I)cc1C. The molecule has 92 valence electrons. The second kappa shape index (κ2) is 6.00. The topological polar surface area (TPSA) is 55.4 Å². The summed E-state index contributed by atoms with van der Waals surface area (Å²) >= 11 is 2.18. The highest BCUT2D eigenvalue weighted by molar-refractivity contribution is 14.1. The molecule has 0 fully saturated rings. The summed E-state index contributed by atoms with van der Waals surface area (Å²) in [5.74, 6) is -0.435. The van der Waals surface area contributed by atoms with Crippen molar-refractivity contribution >= 4 is 40.2 Å². The molecule has 0 bridgehead atoms. The summed E-state index contributed by atoms with van der Waals surface area (Å²) in [5.41, 5.74) is 2.62. The number of nitrogens with one attached hydrogen (secondary N) is 1. The lowest BCUT2D eigenvalue weighted by Crippen LogP contribution is -2.09. The quantitative estimate of drug-likeness (QED) is 0.676. The van der Waals surface area contributed by atoms with Crippen LogP contribution in [0, 0.1) is 10.5 Å². The Bertz CT molecular complexity index is 457. The summed E-state index contributed by atoms with van der Waals surface area (Å²) in [6, 6.07) is 3.78. The summed E-state index contributed by atoms with van der Waals surface area (Å²) in [5, 5.41) is 2.75. The van der Waals surface area contributed by atoms with E-state index in [9.17, 15) is 9.59 Å². The Balaban J connectivity index is 2.97. The largest absolute Gasteiger partial charge is 0.461 e. The second-order valence-corrected chi connectivity index (χ2v) is 4.88. The molecule has 0 saturated carbocycles. The van der Waals surface area contributed by atoms with E-state index in [2.05, 4.69) is 27.9 Å². The van der Waals surface area contributed by atoms with E-state index < -0.39 is 0 Å². The van der Waals surface area contributed by atoms with Crippen LogP contribution < -0.4 is 5.32 Å². The summed E-state index contributed by atoms with van der Waals surface area (Å²) in [6.45, 7) is 4.97. The Labute approximate surface area is 114 Å². The minimum atomic E-state index is -0.317. The molecule has 5 heteroatoms. The van der Waals surface area contributed by atoms with Crippen LogP contribution >= 0.6 is 22.6 Å². The number of anilines is 1. The number of benzene rings is 1. The van der Waals surface area contributed by atoms with E-state index >= 15 is 0 Å². The zero-order chi connectivity index (χ0) is 13.0. The number of carbonyl (C=O) groups is 2. The molecular formula is C12H14INO3. The molecule has 0 saturated heterocycles. The molecule has 0 aromatic heterocycles. The molecule has 4 nitrogen and oxygen atoms in total. The van der Waals surface area contributed by atoms with E-state index in [1.54, 1.807) is 0 Å². The molecule has 0 unspecified atom stereocenters. The van der Waals surface area contributed by atoms with Crippen molar-refractivity contribution in [2.45, 2.75) is 27.4 Å². The van der Waals surface area contributed by atoms with Crippen LogP contribution in [0.3, 0.4) is 0 Å². The van der Waals surface area contributed by atoms with Crippen LogP contribution in [-0.4, -0.2) is 11.9 Å². The number of ether oxygens (including phenoxy) is 1. The first-order chi connectivity index (χ1) is 7.90. The van der Waals surface area contributed by atoms with Gasteiger partial charge in [0.1, 0.15) is 6.61 Å². The standard InChI is InChI=1S/C12H14INO3/c1-7-4-11(13)10(6-17-9(3)16)5-12(7)14-8(2)15/h4-5H,6H2,1-3H3,(H,14,15). The third-order valence-electron chi connectivity index (χ3n) is 2.14. The monoisotopic (exact) mass is 347 g/mol. The predicted octanol–water partition coefficient (Wildman–Crippen LogP) is 2.62. The van der Waals surface area contributed by atoms with Crippen LogP contribution in [0.1, 0.15) is 25.0 Å². The minimum Gasteiger partial charge on any atom is -0.461 e. The van der Waals surface area contributed by atoms with Gasteiger partial charge in [-0.15, -0.1) is 0 Å². The van der Waals surface area contributed by atoms with Gasteiger partial charge in [-0.3, -0.25) is 9.59 Å². The van der Waals surface area contributed by atoms with Crippen LogP contribution in [-0.2, 0) is 20.9 Å². The van der Waals surface area contributed by atoms with Gasteiger partial charge in [-0.05, 0) is 47.2 Å². The van der Waals surface area contributed by atoms with Crippen molar-refractivity contribution in [3.05, 3.63) is 26.8 Å². The summed E-state index contributed by atoms with van der Waals surface area (Å²) in [4.78, 5) is 21.8. The molecule has 1 N–H and O–H groups in total. The fraction of sp³-hybridized carbons (Fsp3) is 0.333. The number of amides is 1. The Kier molecular flexibility index (Phi) is 4.92. The van der Waals surface area contributed by atoms with Crippen molar-refractivity contribution in [3.8, 4) is 0 Å². The van der Waals surface area contributed by atoms with E-state index in [4.69, 9.17) is 4.74 Å². The maximum atomic E-state index is 11.0. The number of aryl methyl sites for hydroxylation is 1. The maximum Gasteiger partial charge on any atom is 0.302 e. The molecule has 0 radical (unpaired) electrons. The Morgan fingerprint density at radius 2 is 2.00 bits per heavy atom. The van der Waals surface area contributed by atoms with Gasteiger partial charge in [0.2, 0.25) is 5.91 Å². The second-order valence-electron chi connectivity index (χ2n) is 3.72. The molecular weight excluding hydrogens is 333 g/mol. The fourth-order valence-corrected chi connectivity index (χ4v) is 2.11. The highest BCUT2D eigenvalue weighted by Crippen LogP contribution is 2.23. The summed E-state index contributed by atoms with van der Waals surface area (Å²) in [7, 11) is 0. The van der Waals surface area contributed by atoms with E-state index in [1.165, 1.54) is 13.8 Å². The average molecular weight is 347 g/mol. The van der Waals surface area contributed by atoms with Crippen molar-refractivity contribution in [1.82, 2.24) is 0 Å². The smallest absolute Gasteiger partial charge is 0.302 e. The first-order valence-electron chi connectivity index (χ1n) is 5.10. The van der Waals surface area contributed by atoms with Gasteiger partial charge >= 0.3 is 5.97 Å². The van der Waals surface area contributed by atoms with Gasteiger partial charge in [0.15, 0.2) is 0 Å². The molecule has 0 heterocycles. The highest BCUT2D eigenvalue weighted by Gasteiger charge is 2.08. The van der Waals surface area contributed by atoms with Crippen LogP contribution in [0.2, 0.25) is 0 Å². The molecule has 0 aliphatic carbocycles. The Morgan fingerprint density at radius 3 is 2.53 bits per heavy atom. The molecule has 1 aromatic carbocycles. The Morgan fingerprint density at radius 1 is 1.35 bits per heavy atom. The van der Waals surface area contributed by atoms with E-state index in [-0.39, 0.29) is 18.5 Å². The lowest BCUT2D eigenvalue weighted by molar-refractivity contribution is -0.142. The molecule has 0 aliphatic rings. The van der Waals surface area contributed by atoms with Crippen molar-refractivity contribution in [1.29, 1.82) is 0 Å². The van der Waals surface area contributed by atoms with Crippen LogP contribution in [0.25, 0.3) is 0 Å². The van der Waals surface area contributed by atoms with Gasteiger partial charge in [0.05, 0.1) is 0 Å². The van der Waals surface area contributed by atoms with Gasteiger partial charge in [0, 0.05) is 28.7 Å². The van der Waals surface area contributed by atoms with Gasteiger partial charge < -0.3 is 10.1 Å². The first-order valence-corrected chi connectivity index (χ1v) is 6.18. The van der Waals surface area contributed by atoms with Gasteiger partial charge in [-0.25, -0.2) is 0 Å². The maximum absolute atomic E-state index is 11.0. The lowest BCUT2D eigenvalue weighted by atomic mass is 10.1. The number of hydrogen-bond donors (Lipinski definition) is 1. The molecule has 1 rings (SSSR count). The van der Waals surface area contributed by atoms with E-state index in [1.807, 2.05) is 19.1 Å². The van der Waals surface area contributed by atoms with Gasteiger partial charge in [-0.2, -0.15) is 0 Å². The first kappa shape index (κ1) is 14.0.